The zero-order valence-corrected chi connectivity index (χ0v) is 18.6. The summed E-state index contributed by atoms with van der Waals surface area (Å²) in [7, 11) is 0. The van der Waals surface area contributed by atoms with E-state index < -0.39 is 5.82 Å². The van der Waals surface area contributed by atoms with Crippen LogP contribution >= 0.6 is 0 Å². The summed E-state index contributed by atoms with van der Waals surface area (Å²) in [5.74, 6) is 0.450. The van der Waals surface area contributed by atoms with Crippen molar-refractivity contribution in [3.05, 3.63) is 52.6 Å². The molecule has 8 heteroatoms. The number of rotatable bonds is 5. The first-order chi connectivity index (χ1) is 14.8. The fourth-order valence-corrected chi connectivity index (χ4v) is 3.93. The Bertz CT molecular complexity index is 1080. The van der Waals surface area contributed by atoms with Gasteiger partial charge >= 0.3 is 0 Å². The summed E-state index contributed by atoms with van der Waals surface area (Å²) >= 11 is 0. The maximum absolute atomic E-state index is 14.2. The number of halogens is 1. The maximum Gasteiger partial charge on any atom is 0.177 e. The molecule has 0 amide bonds. The molecule has 1 aliphatic rings. The lowest BCUT2D eigenvalue weighted by Crippen LogP contribution is -2.37. The number of aliphatic hydroxyl groups is 1. The number of hydrogen-bond donors (Lipinski definition) is 2. The smallest absolute Gasteiger partial charge is 0.177 e. The number of fused-ring (bicyclic) bond motifs is 1. The summed E-state index contributed by atoms with van der Waals surface area (Å²) < 4.78 is 21.6. The van der Waals surface area contributed by atoms with Gasteiger partial charge in [0.25, 0.3) is 0 Å². The van der Waals surface area contributed by atoms with E-state index in [9.17, 15) is 9.50 Å². The van der Waals surface area contributed by atoms with Gasteiger partial charge in [0.1, 0.15) is 5.82 Å². The molecule has 0 unspecified atom stereocenters. The largest absolute Gasteiger partial charge is 0.392 e. The van der Waals surface area contributed by atoms with Crippen molar-refractivity contribution in [3.63, 3.8) is 0 Å². The Kier molecular flexibility index (Phi) is 5.85. The molecule has 31 heavy (non-hydrogen) atoms. The monoisotopic (exact) mass is 427 g/mol. The molecule has 0 spiro atoms. The molecule has 1 aliphatic heterocycles. The second-order valence-electron chi connectivity index (χ2n) is 8.98. The van der Waals surface area contributed by atoms with Crippen molar-refractivity contribution in [2.24, 2.45) is 0 Å². The molecular weight excluding hydrogens is 397 g/mol. The van der Waals surface area contributed by atoms with Gasteiger partial charge in [0.2, 0.25) is 0 Å². The van der Waals surface area contributed by atoms with Crippen LogP contribution in [-0.2, 0) is 17.8 Å². The highest BCUT2D eigenvalue weighted by atomic mass is 19.1. The van der Waals surface area contributed by atoms with Gasteiger partial charge < -0.3 is 20.1 Å². The Morgan fingerprint density at radius 3 is 2.65 bits per heavy atom. The van der Waals surface area contributed by atoms with Gasteiger partial charge in [-0.05, 0) is 39.3 Å². The molecule has 166 valence electrons. The van der Waals surface area contributed by atoms with E-state index in [0.29, 0.717) is 25.2 Å². The van der Waals surface area contributed by atoms with Crippen molar-refractivity contribution in [3.8, 4) is 0 Å². The average Bonchev–Trinajstić information content (AvgIpc) is 3.03. The third kappa shape index (κ3) is 4.50. The number of anilines is 2. The second-order valence-corrected chi connectivity index (χ2v) is 8.98. The first-order valence-corrected chi connectivity index (χ1v) is 10.6. The van der Waals surface area contributed by atoms with Crippen LogP contribution in [0.3, 0.4) is 0 Å². The number of morpholine rings is 1. The zero-order chi connectivity index (χ0) is 22.2. The van der Waals surface area contributed by atoms with E-state index in [-0.39, 0.29) is 12.1 Å². The van der Waals surface area contributed by atoms with Crippen LogP contribution in [0.5, 0.6) is 0 Å². The predicted octanol–water partition coefficient (Wildman–Crippen LogP) is 3.31. The van der Waals surface area contributed by atoms with Crippen molar-refractivity contribution in [1.29, 1.82) is 0 Å². The summed E-state index contributed by atoms with van der Waals surface area (Å²) in [5.41, 5.74) is 4.24. The Morgan fingerprint density at radius 2 is 1.97 bits per heavy atom. The molecule has 4 rings (SSSR count). The number of nitrogens with zero attached hydrogens (tertiary/aromatic N) is 4. The number of benzene rings is 1. The van der Waals surface area contributed by atoms with Crippen LogP contribution in [0.4, 0.5) is 15.9 Å². The number of ether oxygens (including phenoxy) is 1. The molecule has 0 atom stereocenters. The minimum atomic E-state index is -0.400. The van der Waals surface area contributed by atoms with E-state index in [4.69, 9.17) is 14.8 Å². The normalized spacial score (nSPS) is 15.0. The van der Waals surface area contributed by atoms with Crippen molar-refractivity contribution >= 4 is 17.2 Å². The lowest BCUT2D eigenvalue weighted by Gasteiger charge is -2.29. The molecule has 7 nitrogen and oxygen atoms in total. The van der Waals surface area contributed by atoms with E-state index in [1.165, 1.54) is 6.07 Å². The standard InChI is InChI=1S/C23H30FN5O2/c1-15-20(12-16-6-5-7-18(24)17(16)14-30)29-22(25-15)19(26-23(2,3)4)13-21(27-29)28-8-10-31-11-9-28/h5-7,13,26,30H,8-12,14H2,1-4H3. The molecule has 0 bridgehead atoms. The molecule has 2 aromatic heterocycles. The van der Waals surface area contributed by atoms with E-state index in [0.717, 1.165) is 47.2 Å². The summed E-state index contributed by atoms with van der Waals surface area (Å²) in [6.07, 6.45) is 0.426. The van der Waals surface area contributed by atoms with Crippen LogP contribution in [0.15, 0.2) is 24.3 Å². The summed E-state index contributed by atoms with van der Waals surface area (Å²) in [4.78, 5) is 7.00. The van der Waals surface area contributed by atoms with Gasteiger partial charge in [0.05, 0.1) is 36.9 Å². The maximum atomic E-state index is 14.2. The summed E-state index contributed by atoms with van der Waals surface area (Å²) in [6, 6.07) is 6.93. The Labute approximate surface area is 181 Å². The van der Waals surface area contributed by atoms with Gasteiger partial charge in [-0.25, -0.2) is 13.9 Å². The molecule has 1 saturated heterocycles. The van der Waals surface area contributed by atoms with Crippen molar-refractivity contribution in [2.45, 2.75) is 46.3 Å². The van der Waals surface area contributed by atoms with Gasteiger partial charge in [0.15, 0.2) is 11.5 Å². The van der Waals surface area contributed by atoms with Crippen LogP contribution in [0.2, 0.25) is 0 Å². The van der Waals surface area contributed by atoms with E-state index >= 15 is 0 Å². The Morgan fingerprint density at radius 1 is 1.23 bits per heavy atom. The SMILES string of the molecule is Cc1nc2c(NC(C)(C)C)cc(N3CCOCC3)nn2c1Cc1cccc(F)c1CO. The Hall–Kier alpha value is -2.71. The van der Waals surface area contributed by atoms with Gasteiger partial charge in [0, 0.05) is 36.7 Å². The molecule has 0 aliphatic carbocycles. The first-order valence-electron chi connectivity index (χ1n) is 10.6. The van der Waals surface area contributed by atoms with E-state index in [2.05, 4.69) is 31.0 Å². The number of aromatic nitrogens is 3. The summed E-state index contributed by atoms with van der Waals surface area (Å²) in [5, 5.41) is 18.2. The molecule has 3 aromatic rings. The highest BCUT2D eigenvalue weighted by molar-refractivity contribution is 5.72. The van der Waals surface area contributed by atoms with Gasteiger partial charge in [-0.2, -0.15) is 0 Å². The van der Waals surface area contributed by atoms with Crippen LogP contribution in [0.25, 0.3) is 5.65 Å². The number of aryl methyl sites for hydroxylation is 1. The minimum Gasteiger partial charge on any atom is -0.392 e. The highest BCUT2D eigenvalue weighted by Crippen LogP contribution is 2.28. The number of aliphatic hydroxyl groups excluding tert-OH is 1. The number of imidazole rings is 1. The molecular formula is C23H30FN5O2. The average molecular weight is 428 g/mol. The van der Waals surface area contributed by atoms with Crippen LogP contribution in [0, 0.1) is 12.7 Å². The first kappa shape index (κ1) is 21.5. The molecule has 0 saturated carbocycles. The van der Waals surface area contributed by atoms with E-state index in [1.54, 1.807) is 6.07 Å². The topological polar surface area (TPSA) is 74.9 Å². The fraction of sp³-hybridized carbons (Fsp3) is 0.478. The minimum absolute atomic E-state index is 0.156. The lowest BCUT2D eigenvalue weighted by atomic mass is 10.0. The van der Waals surface area contributed by atoms with Gasteiger partial charge in [-0.15, -0.1) is 5.10 Å². The molecule has 1 aromatic carbocycles. The summed E-state index contributed by atoms with van der Waals surface area (Å²) in [6.45, 7) is 10.8. The fourth-order valence-electron chi connectivity index (χ4n) is 3.93. The van der Waals surface area contributed by atoms with Crippen LogP contribution in [0.1, 0.15) is 43.3 Å². The van der Waals surface area contributed by atoms with Crippen molar-refractivity contribution in [1.82, 2.24) is 14.6 Å². The lowest BCUT2D eigenvalue weighted by molar-refractivity contribution is 0.122. The van der Waals surface area contributed by atoms with Crippen LogP contribution in [-0.4, -0.2) is 51.5 Å². The van der Waals surface area contributed by atoms with E-state index in [1.807, 2.05) is 23.6 Å². The molecule has 1 fully saturated rings. The van der Waals surface area contributed by atoms with Gasteiger partial charge in [-0.3, -0.25) is 0 Å². The van der Waals surface area contributed by atoms with Crippen molar-refractivity contribution in [2.75, 3.05) is 36.5 Å². The highest BCUT2D eigenvalue weighted by Gasteiger charge is 2.22. The Balaban J connectivity index is 1.85. The van der Waals surface area contributed by atoms with Crippen LogP contribution < -0.4 is 10.2 Å². The quantitative estimate of drug-likeness (QED) is 0.651. The predicted molar refractivity (Wildman–Crippen MR) is 119 cm³/mol. The number of nitrogens with one attached hydrogen (secondary N) is 1. The number of hydrogen-bond acceptors (Lipinski definition) is 6. The molecule has 3 heterocycles. The zero-order valence-electron chi connectivity index (χ0n) is 18.6. The second kappa shape index (κ2) is 8.43. The third-order valence-corrected chi connectivity index (χ3v) is 5.44. The third-order valence-electron chi connectivity index (χ3n) is 5.44. The van der Waals surface area contributed by atoms with Crippen molar-refractivity contribution < 1.29 is 14.2 Å². The van der Waals surface area contributed by atoms with Gasteiger partial charge in [-0.1, -0.05) is 12.1 Å². The molecule has 0 radical (unpaired) electrons. The molecule has 2 N–H and O–H groups in total.